The summed E-state index contributed by atoms with van der Waals surface area (Å²) in [5.41, 5.74) is 0. The van der Waals surface area contributed by atoms with Gasteiger partial charge in [-0.25, -0.2) is 0 Å². The number of methoxy groups -OCH3 is 1. The molecule has 2 rings (SSSR count). The van der Waals surface area contributed by atoms with Crippen molar-refractivity contribution in [2.75, 3.05) is 13.7 Å². The van der Waals surface area contributed by atoms with Crippen molar-refractivity contribution in [3.63, 3.8) is 0 Å². The van der Waals surface area contributed by atoms with E-state index in [2.05, 4.69) is 17.6 Å². The lowest BCUT2D eigenvalue weighted by atomic mass is 9.95. The summed E-state index contributed by atoms with van der Waals surface area (Å²) in [4.78, 5) is 0. The monoisotopic (exact) mass is 242 g/mol. The van der Waals surface area contributed by atoms with Crippen LogP contribution in [0.2, 0.25) is 0 Å². The van der Waals surface area contributed by atoms with E-state index in [0.717, 1.165) is 16.9 Å². The number of hydrogen-bond acceptors (Lipinski definition) is 2. The number of ether oxygens (including phenoxy) is 1. The first kappa shape index (κ1) is 12.1. The average Bonchev–Trinajstić information content (AvgIpc) is 2.78. The van der Waals surface area contributed by atoms with E-state index in [4.69, 9.17) is 17.0 Å². The van der Waals surface area contributed by atoms with Crippen LogP contribution < -0.4 is 10.6 Å². The molecule has 16 heavy (non-hydrogen) atoms. The zero-order chi connectivity index (χ0) is 11.5. The lowest BCUT2D eigenvalue weighted by Gasteiger charge is -2.25. The molecule has 0 heterocycles. The van der Waals surface area contributed by atoms with Crippen LogP contribution in [0.5, 0.6) is 0 Å². The minimum absolute atomic E-state index is 0.281. The van der Waals surface area contributed by atoms with Crippen LogP contribution in [0.1, 0.15) is 32.6 Å². The summed E-state index contributed by atoms with van der Waals surface area (Å²) in [7, 11) is 1.71. The predicted molar refractivity (Wildman–Crippen MR) is 69.4 cm³/mol. The van der Waals surface area contributed by atoms with Crippen molar-refractivity contribution < 1.29 is 4.74 Å². The Morgan fingerprint density at radius 1 is 1.44 bits per heavy atom. The van der Waals surface area contributed by atoms with Gasteiger partial charge in [0.25, 0.3) is 0 Å². The normalized spacial score (nSPS) is 33.8. The molecule has 2 aliphatic carbocycles. The molecule has 2 aliphatic rings. The van der Waals surface area contributed by atoms with Gasteiger partial charge in [0.2, 0.25) is 0 Å². The molecule has 2 bridgehead atoms. The van der Waals surface area contributed by atoms with Crippen molar-refractivity contribution in [2.45, 2.75) is 44.7 Å². The molecule has 0 aromatic rings. The van der Waals surface area contributed by atoms with Gasteiger partial charge in [0.05, 0.1) is 6.61 Å². The second kappa shape index (κ2) is 5.32. The maximum Gasteiger partial charge on any atom is 0.166 e. The van der Waals surface area contributed by atoms with Crippen molar-refractivity contribution in [3.8, 4) is 0 Å². The Bertz CT molecular complexity index is 259. The van der Waals surface area contributed by atoms with Gasteiger partial charge in [0, 0.05) is 19.2 Å². The van der Waals surface area contributed by atoms with Gasteiger partial charge in [0.15, 0.2) is 5.11 Å². The van der Waals surface area contributed by atoms with Crippen molar-refractivity contribution >= 4 is 17.3 Å². The van der Waals surface area contributed by atoms with E-state index in [-0.39, 0.29) is 6.04 Å². The molecule has 0 aromatic heterocycles. The molecule has 0 aliphatic heterocycles. The minimum atomic E-state index is 0.281. The quantitative estimate of drug-likeness (QED) is 0.735. The van der Waals surface area contributed by atoms with Gasteiger partial charge in [0.1, 0.15) is 0 Å². The molecule has 92 valence electrons. The topological polar surface area (TPSA) is 33.3 Å². The zero-order valence-electron chi connectivity index (χ0n) is 10.2. The van der Waals surface area contributed by atoms with Gasteiger partial charge in [-0.05, 0) is 50.2 Å². The highest BCUT2D eigenvalue weighted by molar-refractivity contribution is 7.80. The highest BCUT2D eigenvalue weighted by Crippen LogP contribution is 2.44. The first-order chi connectivity index (χ1) is 7.69. The maximum atomic E-state index is 5.32. The van der Waals surface area contributed by atoms with Crippen molar-refractivity contribution in [1.82, 2.24) is 10.6 Å². The molecule has 0 radical (unpaired) electrons. The van der Waals surface area contributed by atoms with Crippen LogP contribution in [-0.4, -0.2) is 30.9 Å². The number of nitrogens with one attached hydrogen (secondary N) is 2. The SMILES string of the molecule is COCC(C)NC(=S)NC1CC2CCC1C2. The zero-order valence-corrected chi connectivity index (χ0v) is 11.0. The fourth-order valence-corrected chi connectivity index (χ4v) is 3.50. The van der Waals surface area contributed by atoms with Crippen molar-refractivity contribution in [3.05, 3.63) is 0 Å². The van der Waals surface area contributed by atoms with Crippen LogP contribution in [0.15, 0.2) is 0 Å². The van der Waals surface area contributed by atoms with Gasteiger partial charge in [-0.1, -0.05) is 6.42 Å². The van der Waals surface area contributed by atoms with Crippen molar-refractivity contribution in [2.24, 2.45) is 11.8 Å². The first-order valence-electron chi connectivity index (χ1n) is 6.25. The van der Waals surface area contributed by atoms with E-state index in [9.17, 15) is 0 Å². The van der Waals surface area contributed by atoms with Gasteiger partial charge < -0.3 is 15.4 Å². The lowest BCUT2D eigenvalue weighted by molar-refractivity contribution is 0.179. The van der Waals surface area contributed by atoms with E-state index >= 15 is 0 Å². The Kier molecular flexibility index (Phi) is 4.03. The fourth-order valence-electron chi connectivity index (χ4n) is 3.15. The predicted octanol–water partition coefficient (Wildman–Crippen LogP) is 1.67. The molecular weight excluding hydrogens is 220 g/mol. The summed E-state index contributed by atoms with van der Waals surface area (Å²) in [6, 6.07) is 0.900. The molecule has 2 fully saturated rings. The molecule has 0 saturated heterocycles. The highest BCUT2D eigenvalue weighted by atomic mass is 32.1. The second-order valence-corrected chi connectivity index (χ2v) is 5.66. The molecule has 0 amide bonds. The summed E-state index contributed by atoms with van der Waals surface area (Å²) >= 11 is 5.32. The molecule has 4 heteroatoms. The maximum absolute atomic E-state index is 5.32. The first-order valence-corrected chi connectivity index (χ1v) is 6.66. The van der Waals surface area contributed by atoms with E-state index < -0.39 is 0 Å². The molecule has 3 nitrogen and oxygen atoms in total. The van der Waals surface area contributed by atoms with E-state index in [1.165, 1.54) is 25.7 Å². The van der Waals surface area contributed by atoms with Gasteiger partial charge in [-0.3, -0.25) is 0 Å². The fraction of sp³-hybridized carbons (Fsp3) is 0.917. The summed E-state index contributed by atoms with van der Waals surface area (Å²) in [6.07, 6.45) is 5.54. The summed E-state index contributed by atoms with van der Waals surface area (Å²) < 4.78 is 5.07. The molecule has 2 N–H and O–H groups in total. The molecular formula is C12H22N2OS. The van der Waals surface area contributed by atoms with Crippen LogP contribution in [0.4, 0.5) is 0 Å². The van der Waals surface area contributed by atoms with E-state index in [0.29, 0.717) is 12.6 Å². The molecule has 0 aromatic carbocycles. The second-order valence-electron chi connectivity index (χ2n) is 5.26. The summed E-state index contributed by atoms with van der Waals surface area (Å²) in [5, 5.41) is 7.52. The van der Waals surface area contributed by atoms with E-state index in [1.807, 2.05) is 0 Å². The van der Waals surface area contributed by atoms with Crippen molar-refractivity contribution in [1.29, 1.82) is 0 Å². The van der Waals surface area contributed by atoms with Gasteiger partial charge in [-0.15, -0.1) is 0 Å². The number of thiocarbonyl (C=S) groups is 1. The molecule has 2 saturated carbocycles. The van der Waals surface area contributed by atoms with Crippen LogP contribution in [0.3, 0.4) is 0 Å². The summed E-state index contributed by atoms with van der Waals surface area (Å²) in [5.74, 6) is 1.82. The Hall–Kier alpha value is -0.350. The lowest BCUT2D eigenvalue weighted by Crippen LogP contribution is -2.47. The smallest absolute Gasteiger partial charge is 0.166 e. The Morgan fingerprint density at radius 3 is 2.81 bits per heavy atom. The van der Waals surface area contributed by atoms with Gasteiger partial charge in [-0.2, -0.15) is 0 Å². The van der Waals surface area contributed by atoms with Crippen LogP contribution in [0.25, 0.3) is 0 Å². The standard InChI is InChI=1S/C12H22N2OS/c1-8(7-15-2)13-12(16)14-11-6-9-3-4-10(11)5-9/h8-11H,3-7H2,1-2H3,(H2,13,14,16). The third-order valence-corrected chi connectivity index (χ3v) is 4.08. The average molecular weight is 242 g/mol. The Labute approximate surface area is 103 Å². The molecule has 4 atom stereocenters. The third kappa shape index (κ3) is 2.86. The highest BCUT2D eigenvalue weighted by Gasteiger charge is 2.39. The third-order valence-electron chi connectivity index (χ3n) is 3.85. The largest absolute Gasteiger partial charge is 0.383 e. The number of fused-ring (bicyclic) bond motifs is 2. The summed E-state index contributed by atoms with van der Waals surface area (Å²) in [6.45, 7) is 2.77. The number of hydrogen-bond donors (Lipinski definition) is 2. The van der Waals surface area contributed by atoms with Gasteiger partial charge >= 0.3 is 0 Å². The van der Waals surface area contributed by atoms with Crippen LogP contribution in [0, 0.1) is 11.8 Å². The minimum Gasteiger partial charge on any atom is -0.383 e. The Morgan fingerprint density at radius 2 is 2.25 bits per heavy atom. The van der Waals surface area contributed by atoms with E-state index in [1.54, 1.807) is 7.11 Å². The molecule has 4 unspecified atom stereocenters. The number of rotatable bonds is 4. The Balaban J connectivity index is 1.71. The van der Waals surface area contributed by atoms with Crippen LogP contribution >= 0.6 is 12.2 Å². The molecule has 0 spiro atoms. The van der Waals surface area contributed by atoms with Crippen LogP contribution in [-0.2, 0) is 4.74 Å².